The van der Waals surface area contributed by atoms with Gasteiger partial charge in [-0.1, -0.05) is 0 Å². The molecule has 0 spiro atoms. The van der Waals surface area contributed by atoms with E-state index in [9.17, 15) is 4.79 Å². The molecule has 0 bridgehead atoms. The van der Waals surface area contributed by atoms with Crippen molar-refractivity contribution in [1.82, 2.24) is 19.8 Å². The molecule has 1 aromatic heterocycles. The lowest BCUT2D eigenvalue weighted by molar-refractivity contribution is -0.133. The second-order valence-corrected chi connectivity index (χ2v) is 4.85. The highest BCUT2D eigenvalue weighted by Gasteiger charge is 2.24. The summed E-state index contributed by atoms with van der Waals surface area (Å²) >= 11 is 0. The largest absolute Gasteiger partial charge is 0.333 e. The van der Waals surface area contributed by atoms with E-state index in [-0.39, 0.29) is 5.91 Å². The molecule has 1 N–H and O–H groups in total. The third-order valence-corrected chi connectivity index (χ3v) is 3.68. The standard InChI is InChI=1S/C12H18N4O/c17-12(8-10-2-1-3-13-10)16-7-6-15-5-4-14-11(15)9-16/h4-5,10,13H,1-3,6-9H2. The summed E-state index contributed by atoms with van der Waals surface area (Å²) in [6.07, 6.45) is 6.76. The maximum Gasteiger partial charge on any atom is 0.224 e. The quantitative estimate of drug-likeness (QED) is 0.804. The molecule has 1 aromatic rings. The molecule has 3 rings (SSSR count). The first kappa shape index (κ1) is 10.8. The molecule has 3 heterocycles. The lowest BCUT2D eigenvalue weighted by Crippen LogP contribution is -2.40. The minimum Gasteiger partial charge on any atom is -0.333 e. The molecule has 2 aliphatic heterocycles. The number of aromatic nitrogens is 2. The van der Waals surface area contributed by atoms with Crippen molar-refractivity contribution in [3.8, 4) is 0 Å². The highest BCUT2D eigenvalue weighted by atomic mass is 16.2. The Morgan fingerprint density at radius 2 is 2.47 bits per heavy atom. The van der Waals surface area contributed by atoms with E-state index in [4.69, 9.17) is 0 Å². The zero-order valence-corrected chi connectivity index (χ0v) is 9.93. The first-order valence-electron chi connectivity index (χ1n) is 6.34. The Bertz CT molecular complexity index is 408. The van der Waals surface area contributed by atoms with Gasteiger partial charge in [0, 0.05) is 37.9 Å². The van der Waals surface area contributed by atoms with E-state index in [1.54, 1.807) is 0 Å². The van der Waals surface area contributed by atoms with Gasteiger partial charge in [-0.25, -0.2) is 4.98 Å². The first-order valence-corrected chi connectivity index (χ1v) is 6.34. The van der Waals surface area contributed by atoms with Crippen LogP contribution in [0.5, 0.6) is 0 Å². The van der Waals surface area contributed by atoms with Gasteiger partial charge < -0.3 is 14.8 Å². The zero-order valence-electron chi connectivity index (χ0n) is 9.93. The highest BCUT2D eigenvalue weighted by molar-refractivity contribution is 5.76. The Labute approximate surface area is 101 Å². The van der Waals surface area contributed by atoms with Gasteiger partial charge in [0.25, 0.3) is 0 Å². The van der Waals surface area contributed by atoms with Crippen LogP contribution in [-0.2, 0) is 17.9 Å². The lowest BCUT2D eigenvalue weighted by atomic mass is 10.1. The minimum absolute atomic E-state index is 0.263. The Morgan fingerprint density at radius 3 is 3.29 bits per heavy atom. The van der Waals surface area contributed by atoms with Gasteiger partial charge in [0.15, 0.2) is 0 Å². The number of fused-ring (bicyclic) bond motifs is 1. The number of rotatable bonds is 2. The summed E-state index contributed by atoms with van der Waals surface area (Å²) in [5.74, 6) is 1.27. The van der Waals surface area contributed by atoms with Crippen molar-refractivity contribution in [3.05, 3.63) is 18.2 Å². The van der Waals surface area contributed by atoms with Crippen LogP contribution in [0.3, 0.4) is 0 Å². The molecule has 2 aliphatic rings. The minimum atomic E-state index is 0.263. The van der Waals surface area contributed by atoms with E-state index in [0.29, 0.717) is 19.0 Å². The van der Waals surface area contributed by atoms with Crippen LogP contribution in [-0.4, -0.2) is 39.5 Å². The van der Waals surface area contributed by atoms with Gasteiger partial charge in [0.1, 0.15) is 5.82 Å². The molecule has 1 saturated heterocycles. The average molecular weight is 234 g/mol. The number of hydrogen-bond donors (Lipinski definition) is 1. The summed E-state index contributed by atoms with van der Waals surface area (Å²) < 4.78 is 2.12. The van der Waals surface area contributed by atoms with E-state index >= 15 is 0 Å². The summed E-state index contributed by atoms with van der Waals surface area (Å²) in [6.45, 7) is 3.41. The normalized spacial score (nSPS) is 23.8. The third kappa shape index (κ3) is 2.20. The smallest absolute Gasteiger partial charge is 0.224 e. The molecule has 0 radical (unpaired) electrons. The van der Waals surface area contributed by atoms with Gasteiger partial charge in [-0.2, -0.15) is 0 Å². The fraction of sp³-hybridized carbons (Fsp3) is 0.667. The molecule has 0 aromatic carbocycles. The summed E-state index contributed by atoms with van der Waals surface area (Å²) in [6, 6.07) is 0.393. The van der Waals surface area contributed by atoms with Gasteiger partial charge in [0.2, 0.25) is 5.91 Å². The molecule has 92 valence electrons. The lowest BCUT2D eigenvalue weighted by Gasteiger charge is -2.28. The molecule has 1 amide bonds. The van der Waals surface area contributed by atoms with Crippen LogP contribution >= 0.6 is 0 Å². The first-order chi connectivity index (χ1) is 8.33. The molecule has 5 heteroatoms. The Morgan fingerprint density at radius 1 is 1.53 bits per heavy atom. The summed E-state index contributed by atoms with van der Waals surface area (Å²) in [4.78, 5) is 18.3. The predicted octanol–water partition coefficient (Wildman–Crippen LogP) is 0.367. The van der Waals surface area contributed by atoms with Gasteiger partial charge in [-0.05, 0) is 19.4 Å². The fourth-order valence-electron chi connectivity index (χ4n) is 2.66. The van der Waals surface area contributed by atoms with Crippen LogP contribution in [0.25, 0.3) is 0 Å². The predicted molar refractivity (Wildman–Crippen MR) is 63.3 cm³/mol. The second-order valence-electron chi connectivity index (χ2n) is 4.85. The monoisotopic (exact) mass is 234 g/mol. The Kier molecular flexibility index (Phi) is 2.84. The SMILES string of the molecule is O=C(CC1CCCN1)N1CCn2ccnc2C1. The number of nitrogens with one attached hydrogen (secondary N) is 1. The number of carbonyl (C=O) groups excluding carboxylic acids is 1. The number of amides is 1. The molecule has 1 fully saturated rings. The molecule has 1 atom stereocenters. The van der Waals surface area contributed by atoms with Crippen molar-refractivity contribution in [3.63, 3.8) is 0 Å². The van der Waals surface area contributed by atoms with Crippen LogP contribution < -0.4 is 5.32 Å². The topological polar surface area (TPSA) is 50.2 Å². The third-order valence-electron chi connectivity index (χ3n) is 3.68. The molecular weight excluding hydrogens is 216 g/mol. The van der Waals surface area contributed by atoms with Crippen LogP contribution in [0.15, 0.2) is 12.4 Å². The van der Waals surface area contributed by atoms with Crippen LogP contribution in [0.2, 0.25) is 0 Å². The van der Waals surface area contributed by atoms with Gasteiger partial charge >= 0.3 is 0 Å². The van der Waals surface area contributed by atoms with Crippen molar-refractivity contribution >= 4 is 5.91 Å². The summed E-state index contributed by atoms with van der Waals surface area (Å²) in [5, 5.41) is 3.37. The van der Waals surface area contributed by atoms with Gasteiger partial charge in [-0.3, -0.25) is 4.79 Å². The van der Waals surface area contributed by atoms with Gasteiger partial charge in [0.05, 0.1) is 6.54 Å². The van der Waals surface area contributed by atoms with Gasteiger partial charge in [-0.15, -0.1) is 0 Å². The van der Waals surface area contributed by atoms with E-state index in [0.717, 1.165) is 31.9 Å². The Hall–Kier alpha value is -1.36. The molecule has 1 unspecified atom stereocenters. The molecule has 0 aliphatic carbocycles. The maximum atomic E-state index is 12.1. The highest BCUT2D eigenvalue weighted by Crippen LogP contribution is 2.15. The van der Waals surface area contributed by atoms with Crippen LogP contribution in [0, 0.1) is 0 Å². The molecular formula is C12H18N4O. The van der Waals surface area contributed by atoms with Crippen LogP contribution in [0.4, 0.5) is 0 Å². The number of nitrogens with zero attached hydrogens (tertiary/aromatic N) is 3. The molecule has 5 nitrogen and oxygen atoms in total. The number of imidazole rings is 1. The van der Waals surface area contributed by atoms with Crippen molar-refractivity contribution < 1.29 is 4.79 Å². The Balaban J connectivity index is 1.60. The van der Waals surface area contributed by atoms with Crippen molar-refractivity contribution in [2.45, 2.75) is 38.4 Å². The van der Waals surface area contributed by atoms with E-state index in [2.05, 4.69) is 14.9 Å². The van der Waals surface area contributed by atoms with E-state index < -0.39 is 0 Å². The number of hydrogen-bond acceptors (Lipinski definition) is 3. The molecule has 17 heavy (non-hydrogen) atoms. The van der Waals surface area contributed by atoms with Crippen molar-refractivity contribution in [2.24, 2.45) is 0 Å². The van der Waals surface area contributed by atoms with Crippen molar-refractivity contribution in [1.29, 1.82) is 0 Å². The average Bonchev–Trinajstić information content (AvgIpc) is 2.97. The second kappa shape index (κ2) is 4.49. The van der Waals surface area contributed by atoms with E-state index in [1.165, 1.54) is 6.42 Å². The molecule has 0 saturated carbocycles. The van der Waals surface area contributed by atoms with Crippen LogP contribution in [0.1, 0.15) is 25.1 Å². The van der Waals surface area contributed by atoms with Crippen molar-refractivity contribution in [2.75, 3.05) is 13.1 Å². The summed E-state index contributed by atoms with van der Waals surface area (Å²) in [5.41, 5.74) is 0. The fourth-order valence-corrected chi connectivity index (χ4v) is 2.66. The zero-order chi connectivity index (χ0) is 11.7. The van der Waals surface area contributed by atoms with E-state index in [1.807, 2.05) is 17.3 Å². The summed E-state index contributed by atoms with van der Waals surface area (Å²) in [7, 11) is 0. The number of carbonyl (C=O) groups is 1. The maximum absolute atomic E-state index is 12.1.